The molecule has 0 aromatic heterocycles. The van der Waals surface area contributed by atoms with Crippen molar-refractivity contribution < 1.29 is 38.1 Å². The third-order valence-corrected chi connectivity index (χ3v) is 6.09. The highest BCUT2D eigenvalue weighted by atomic mass is 35.5. The van der Waals surface area contributed by atoms with Crippen LogP contribution in [0.1, 0.15) is 40.7 Å². The number of amides is 3. The van der Waals surface area contributed by atoms with Crippen LogP contribution in [-0.4, -0.2) is 101 Å². The van der Waals surface area contributed by atoms with Gasteiger partial charge in [-0.3, -0.25) is 19.7 Å². The normalized spacial score (nSPS) is 16.9. The minimum Gasteiger partial charge on any atom is -0.379 e. The molecule has 1 aromatic carbocycles. The van der Waals surface area contributed by atoms with Gasteiger partial charge in [-0.05, 0) is 36.5 Å². The molecule has 2 aliphatic heterocycles. The predicted octanol–water partition coefficient (Wildman–Crippen LogP) is 0.844. The van der Waals surface area contributed by atoms with Gasteiger partial charge in [-0.15, -0.1) is 12.4 Å². The first kappa shape index (κ1) is 32.1. The van der Waals surface area contributed by atoms with Crippen molar-refractivity contribution in [3.05, 3.63) is 34.9 Å². The highest BCUT2D eigenvalue weighted by Crippen LogP contribution is 2.28. The number of rotatable bonds is 19. The van der Waals surface area contributed by atoms with Crippen LogP contribution in [0.5, 0.6) is 0 Å². The number of piperidine rings is 1. The van der Waals surface area contributed by atoms with E-state index in [4.69, 9.17) is 29.4 Å². The number of nitrogens with two attached hydrogens (primary N) is 1. The van der Waals surface area contributed by atoms with Crippen molar-refractivity contribution in [3.63, 3.8) is 0 Å². The Morgan fingerprint density at radius 2 is 1.42 bits per heavy atom. The molecule has 0 spiro atoms. The van der Waals surface area contributed by atoms with Crippen molar-refractivity contribution in [2.24, 2.45) is 5.73 Å². The third kappa shape index (κ3) is 10.6. The van der Waals surface area contributed by atoms with Crippen molar-refractivity contribution in [3.8, 4) is 0 Å². The highest BCUT2D eigenvalue weighted by molar-refractivity contribution is 6.05. The maximum atomic E-state index is 12.8. The van der Waals surface area contributed by atoms with Gasteiger partial charge < -0.3 is 34.3 Å². The first-order valence-electron chi connectivity index (χ1n) is 13.0. The monoisotopic (exact) mass is 557 g/mol. The SMILES string of the molecule is Cl.NCCOCCOCCOCCOCCOCCCc1ccc2c(c1)CN(C1CCC(=O)NC1=O)C2=O. The van der Waals surface area contributed by atoms with E-state index in [2.05, 4.69) is 5.32 Å². The molecule has 1 unspecified atom stereocenters. The van der Waals surface area contributed by atoms with E-state index >= 15 is 0 Å². The summed E-state index contributed by atoms with van der Waals surface area (Å²) in [5.74, 6) is -0.826. The molecule has 1 atom stereocenters. The third-order valence-electron chi connectivity index (χ3n) is 6.09. The number of nitrogens with one attached hydrogen (secondary N) is 1. The van der Waals surface area contributed by atoms with Gasteiger partial charge >= 0.3 is 0 Å². The van der Waals surface area contributed by atoms with Gasteiger partial charge in [-0.2, -0.15) is 0 Å². The average molecular weight is 558 g/mol. The largest absolute Gasteiger partial charge is 0.379 e. The van der Waals surface area contributed by atoms with E-state index in [0.717, 1.165) is 24.0 Å². The van der Waals surface area contributed by atoms with Crippen LogP contribution in [0.4, 0.5) is 0 Å². The molecule has 2 heterocycles. The van der Waals surface area contributed by atoms with Crippen LogP contribution in [-0.2, 0) is 46.2 Å². The van der Waals surface area contributed by atoms with Crippen LogP contribution in [0.25, 0.3) is 0 Å². The fourth-order valence-corrected chi connectivity index (χ4v) is 4.23. The van der Waals surface area contributed by atoms with Gasteiger partial charge in [0.2, 0.25) is 11.8 Å². The molecule has 0 aliphatic carbocycles. The molecule has 11 nitrogen and oxygen atoms in total. The predicted molar refractivity (Wildman–Crippen MR) is 141 cm³/mol. The maximum absolute atomic E-state index is 12.8. The lowest BCUT2D eigenvalue weighted by molar-refractivity contribution is -0.136. The fraction of sp³-hybridized carbons (Fsp3) is 0.654. The minimum atomic E-state index is -0.588. The summed E-state index contributed by atoms with van der Waals surface area (Å²) < 4.78 is 27.1. The standard InChI is InChI=1S/C26H39N3O8.ClH/c27-7-9-34-11-13-36-15-17-37-16-14-35-12-10-33-8-1-2-20-3-4-22-21(18-20)19-29(26(22)32)23-5-6-24(30)28-25(23)31;/h3-4,18,23H,1-2,5-17,19,27H2,(H,28,30,31);1H. The first-order chi connectivity index (χ1) is 18.1. The lowest BCUT2D eigenvalue weighted by Crippen LogP contribution is -2.52. The summed E-state index contributed by atoms with van der Waals surface area (Å²) in [5, 5.41) is 2.33. The topological polar surface area (TPSA) is 139 Å². The molecule has 3 N–H and O–H groups in total. The van der Waals surface area contributed by atoms with Gasteiger partial charge in [0.1, 0.15) is 6.04 Å². The molecule has 3 amide bonds. The van der Waals surface area contributed by atoms with E-state index in [0.29, 0.717) is 91.1 Å². The first-order valence-corrected chi connectivity index (χ1v) is 13.0. The Kier molecular flexibility index (Phi) is 15.4. The average Bonchev–Trinajstić information content (AvgIpc) is 3.21. The second-order valence-corrected chi connectivity index (χ2v) is 8.85. The summed E-state index contributed by atoms with van der Waals surface area (Å²) in [5.41, 5.74) is 8.01. The lowest BCUT2D eigenvalue weighted by Gasteiger charge is -2.29. The Labute approximate surface area is 230 Å². The minimum absolute atomic E-state index is 0. The zero-order chi connectivity index (χ0) is 26.3. The number of nitrogens with zero attached hydrogens (tertiary/aromatic N) is 1. The van der Waals surface area contributed by atoms with Gasteiger partial charge in [0.15, 0.2) is 0 Å². The molecule has 2 aliphatic rings. The number of carbonyl (C=O) groups is 3. The fourth-order valence-electron chi connectivity index (χ4n) is 4.23. The summed E-state index contributed by atoms with van der Waals surface area (Å²) in [6.07, 6.45) is 2.30. The van der Waals surface area contributed by atoms with Gasteiger partial charge in [-0.25, -0.2) is 0 Å². The van der Waals surface area contributed by atoms with Crippen LogP contribution in [0, 0.1) is 0 Å². The van der Waals surface area contributed by atoms with E-state index in [-0.39, 0.29) is 30.6 Å². The quantitative estimate of drug-likeness (QED) is 0.187. The second kappa shape index (κ2) is 18.2. The van der Waals surface area contributed by atoms with Crippen molar-refractivity contribution in [2.75, 3.05) is 72.6 Å². The van der Waals surface area contributed by atoms with Crippen LogP contribution >= 0.6 is 12.4 Å². The van der Waals surface area contributed by atoms with E-state index in [1.807, 2.05) is 18.2 Å². The summed E-state index contributed by atoms with van der Waals surface area (Å²) in [6.45, 7) is 6.23. The molecule has 1 aromatic rings. The number of fused-ring (bicyclic) bond motifs is 1. The van der Waals surface area contributed by atoms with Crippen LogP contribution in [0.2, 0.25) is 0 Å². The Morgan fingerprint density at radius 3 is 2.00 bits per heavy atom. The number of ether oxygens (including phenoxy) is 5. The number of aryl methyl sites for hydroxylation is 1. The van der Waals surface area contributed by atoms with Crippen molar-refractivity contribution >= 4 is 30.1 Å². The molecule has 12 heteroatoms. The van der Waals surface area contributed by atoms with Crippen LogP contribution in [0.3, 0.4) is 0 Å². The number of halogens is 1. The van der Waals surface area contributed by atoms with E-state index in [9.17, 15) is 14.4 Å². The Bertz CT molecular complexity index is 888. The van der Waals surface area contributed by atoms with E-state index < -0.39 is 11.9 Å². The molecule has 3 rings (SSSR count). The molecule has 1 fully saturated rings. The molecule has 0 saturated carbocycles. The molecule has 1 saturated heterocycles. The maximum Gasteiger partial charge on any atom is 0.255 e. The van der Waals surface area contributed by atoms with Crippen LogP contribution in [0.15, 0.2) is 18.2 Å². The zero-order valence-electron chi connectivity index (χ0n) is 21.8. The second-order valence-electron chi connectivity index (χ2n) is 8.85. The molecular weight excluding hydrogens is 518 g/mol. The van der Waals surface area contributed by atoms with Crippen LogP contribution < -0.4 is 11.1 Å². The highest BCUT2D eigenvalue weighted by Gasteiger charge is 2.38. The van der Waals surface area contributed by atoms with Gasteiger partial charge in [0, 0.05) is 31.7 Å². The summed E-state index contributed by atoms with van der Waals surface area (Å²) >= 11 is 0. The number of benzene rings is 1. The Morgan fingerprint density at radius 1 is 0.842 bits per heavy atom. The lowest BCUT2D eigenvalue weighted by atomic mass is 10.0. The van der Waals surface area contributed by atoms with Crippen molar-refractivity contribution in [1.82, 2.24) is 10.2 Å². The number of carbonyl (C=O) groups excluding carboxylic acids is 3. The van der Waals surface area contributed by atoms with Gasteiger partial charge in [0.25, 0.3) is 5.91 Å². The molecule has 0 bridgehead atoms. The summed E-state index contributed by atoms with van der Waals surface area (Å²) in [7, 11) is 0. The van der Waals surface area contributed by atoms with Crippen molar-refractivity contribution in [2.45, 2.75) is 38.3 Å². The Hall–Kier alpha value is -2.12. The smallest absolute Gasteiger partial charge is 0.255 e. The van der Waals surface area contributed by atoms with Gasteiger partial charge in [0.05, 0.1) is 59.5 Å². The van der Waals surface area contributed by atoms with Gasteiger partial charge in [-0.1, -0.05) is 12.1 Å². The number of hydrogen-bond donors (Lipinski definition) is 2. The molecule has 0 radical (unpaired) electrons. The number of hydrogen-bond acceptors (Lipinski definition) is 9. The zero-order valence-corrected chi connectivity index (χ0v) is 22.6. The number of imide groups is 1. The molecular formula is C26H40ClN3O8. The summed E-state index contributed by atoms with van der Waals surface area (Å²) in [6, 6.07) is 5.23. The Balaban J connectivity index is 0.00000507. The summed E-state index contributed by atoms with van der Waals surface area (Å²) in [4.78, 5) is 37.9. The molecule has 38 heavy (non-hydrogen) atoms. The van der Waals surface area contributed by atoms with E-state index in [1.165, 1.54) is 0 Å². The van der Waals surface area contributed by atoms with E-state index in [1.54, 1.807) is 4.90 Å². The van der Waals surface area contributed by atoms with Crippen molar-refractivity contribution in [1.29, 1.82) is 0 Å². The molecule has 214 valence electrons.